The van der Waals surface area contributed by atoms with Gasteiger partial charge in [-0.25, -0.2) is 0 Å². The Morgan fingerprint density at radius 2 is 1.67 bits per heavy atom. The van der Waals surface area contributed by atoms with Gasteiger partial charge in [0.2, 0.25) is 0 Å². The highest BCUT2D eigenvalue weighted by atomic mass is 35.5. The fourth-order valence-corrected chi connectivity index (χ4v) is 1.47. The van der Waals surface area contributed by atoms with E-state index in [1.165, 1.54) is 0 Å². The third-order valence-corrected chi connectivity index (χ3v) is 2.46. The Hall–Kier alpha value is -0.440. The Morgan fingerprint density at radius 3 is 2.13 bits per heavy atom. The van der Waals surface area contributed by atoms with Gasteiger partial charge in [0.15, 0.2) is 6.79 Å². The van der Waals surface area contributed by atoms with Gasteiger partial charge >= 0.3 is 0 Å². The van der Waals surface area contributed by atoms with Crippen molar-refractivity contribution in [1.82, 2.24) is 0 Å². The van der Waals surface area contributed by atoms with Gasteiger partial charge in [0.1, 0.15) is 5.75 Å². The SMILES string of the molecule is CCOCOc1cc(CCl)cc(CCl)c1. The zero-order chi connectivity index (χ0) is 11.1. The second-order valence-electron chi connectivity index (χ2n) is 3.01. The Balaban J connectivity index is 2.68. The number of hydrogen-bond acceptors (Lipinski definition) is 2. The molecule has 84 valence electrons. The van der Waals surface area contributed by atoms with Crippen molar-refractivity contribution in [2.75, 3.05) is 13.4 Å². The molecule has 0 aliphatic heterocycles. The van der Waals surface area contributed by atoms with Crippen LogP contribution in [0.3, 0.4) is 0 Å². The molecule has 2 nitrogen and oxygen atoms in total. The number of ether oxygens (including phenoxy) is 2. The molecule has 0 aliphatic rings. The van der Waals surface area contributed by atoms with Crippen molar-refractivity contribution >= 4 is 23.2 Å². The van der Waals surface area contributed by atoms with E-state index >= 15 is 0 Å². The molecule has 0 fully saturated rings. The molecule has 0 radical (unpaired) electrons. The lowest BCUT2D eigenvalue weighted by Crippen LogP contribution is -2.02. The van der Waals surface area contributed by atoms with Crippen LogP contribution in [0.25, 0.3) is 0 Å². The van der Waals surface area contributed by atoms with Gasteiger partial charge in [-0.3, -0.25) is 0 Å². The van der Waals surface area contributed by atoms with E-state index < -0.39 is 0 Å². The van der Waals surface area contributed by atoms with Crippen LogP contribution in [0, 0.1) is 0 Å². The van der Waals surface area contributed by atoms with Crippen molar-refractivity contribution < 1.29 is 9.47 Å². The van der Waals surface area contributed by atoms with Crippen molar-refractivity contribution in [3.8, 4) is 5.75 Å². The van der Waals surface area contributed by atoms with Crippen molar-refractivity contribution in [2.24, 2.45) is 0 Å². The van der Waals surface area contributed by atoms with Crippen molar-refractivity contribution in [1.29, 1.82) is 0 Å². The molecule has 0 heterocycles. The number of hydrogen-bond donors (Lipinski definition) is 0. The summed E-state index contributed by atoms with van der Waals surface area (Å²) in [5.74, 6) is 1.66. The van der Waals surface area contributed by atoms with Crippen LogP contribution >= 0.6 is 23.2 Å². The molecule has 1 aromatic rings. The van der Waals surface area contributed by atoms with E-state index in [0.29, 0.717) is 18.4 Å². The van der Waals surface area contributed by atoms with Crippen LogP contribution < -0.4 is 4.74 Å². The quantitative estimate of drug-likeness (QED) is 0.436. The Kier molecular flexibility index (Phi) is 5.84. The number of benzene rings is 1. The lowest BCUT2D eigenvalue weighted by atomic mass is 10.1. The maximum Gasteiger partial charge on any atom is 0.189 e. The molecule has 1 rings (SSSR count). The maximum absolute atomic E-state index is 5.76. The fourth-order valence-electron chi connectivity index (χ4n) is 1.16. The van der Waals surface area contributed by atoms with Gasteiger partial charge in [0, 0.05) is 18.4 Å². The molecule has 0 spiro atoms. The highest BCUT2D eigenvalue weighted by Crippen LogP contribution is 2.20. The molecule has 0 saturated heterocycles. The normalized spacial score (nSPS) is 10.3. The molecule has 0 unspecified atom stereocenters. The summed E-state index contributed by atoms with van der Waals surface area (Å²) in [6.07, 6.45) is 0. The number of rotatable bonds is 6. The number of alkyl halides is 2. The molecule has 0 atom stereocenters. The fraction of sp³-hybridized carbons (Fsp3) is 0.455. The van der Waals surface area contributed by atoms with Crippen LogP contribution in [0.5, 0.6) is 5.75 Å². The van der Waals surface area contributed by atoms with E-state index in [2.05, 4.69) is 0 Å². The summed E-state index contributed by atoms with van der Waals surface area (Å²) in [4.78, 5) is 0. The van der Waals surface area contributed by atoms with Gasteiger partial charge in [-0.05, 0) is 30.2 Å². The summed E-state index contributed by atoms with van der Waals surface area (Å²) in [5, 5.41) is 0. The van der Waals surface area contributed by atoms with E-state index in [1.54, 1.807) is 0 Å². The first-order valence-corrected chi connectivity index (χ1v) is 5.82. The summed E-state index contributed by atoms with van der Waals surface area (Å²) in [7, 11) is 0. The number of halogens is 2. The molecule has 0 aliphatic carbocycles. The van der Waals surface area contributed by atoms with Crippen LogP contribution in [0.4, 0.5) is 0 Å². The minimum atomic E-state index is 0.254. The lowest BCUT2D eigenvalue weighted by molar-refractivity contribution is 0.0223. The third kappa shape index (κ3) is 4.29. The van der Waals surface area contributed by atoms with Crippen molar-refractivity contribution in [3.63, 3.8) is 0 Å². The average molecular weight is 249 g/mol. The highest BCUT2D eigenvalue weighted by Gasteiger charge is 2.01. The first kappa shape index (κ1) is 12.6. The van der Waals surface area contributed by atoms with E-state index in [4.69, 9.17) is 32.7 Å². The second kappa shape index (κ2) is 6.94. The lowest BCUT2D eigenvalue weighted by Gasteiger charge is -2.08. The summed E-state index contributed by atoms with van der Waals surface area (Å²) in [5.41, 5.74) is 2.00. The molecule has 0 N–H and O–H groups in total. The zero-order valence-corrected chi connectivity index (χ0v) is 10.1. The molecule has 0 amide bonds. The molecule has 15 heavy (non-hydrogen) atoms. The van der Waals surface area contributed by atoms with Crippen LogP contribution in [0.15, 0.2) is 18.2 Å². The van der Waals surface area contributed by atoms with E-state index in [9.17, 15) is 0 Å². The first-order chi connectivity index (χ1) is 7.30. The Morgan fingerprint density at radius 1 is 1.07 bits per heavy atom. The predicted molar refractivity (Wildman–Crippen MR) is 62.7 cm³/mol. The summed E-state index contributed by atoms with van der Waals surface area (Å²) < 4.78 is 10.5. The molecule has 0 bridgehead atoms. The summed E-state index contributed by atoms with van der Waals surface area (Å²) >= 11 is 11.5. The van der Waals surface area contributed by atoms with Crippen LogP contribution in [-0.2, 0) is 16.5 Å². The van der Waals surface area contributed by atoms with Crippen molar-refractivity contribution in [3.05, 3.63) is 29.3 Å². The average Bonchev–Trinajstić information content (AvgIpc) is 2.29. The molecule has 0 saturated carbocycles. The smallest absolute Gasteiger partial charge is 0.189 e. The Bertz CT molecular complexity index is 280. The molecule has 0 aromatic heterocycles. The van der Waals surface area contributed by atoms with Gasteiger partial charge in [-0.2, -0.15) is 0 Å². The molecule has 4 heteroatoms. The molecular weight excluding hydrogens is 235 g/mol. The Labute approximate surface area is 100 Å². The second-order valence-corrected chi connectivity index (χ2v) is 3.54. The summed E-state index contributed by atoms with van der Waals surface area (Å²) in [6.45, 7) is 2.81. The van der Waals surface area contributed by atoms with Gasteiger partial charge in [-0.1, -0.05) is 6.07 Å². The maximum atomic E-state index is 5.76. The van der Waals surface area contributed by atoms with Crippen molar-refractivity contribution in [2.45, 2.75) is 18.7 Å². The predicted octanol–water partition coefficient (Wildman–Crippen LogP) is 3.54. The largest absolute Gasteiger partial charge is 0.468 e. The highest BCUT2D eigenvalue weighted by molar-refractivity contribution is 6.17. The third-order valence-electron chi connectivity index (χ3n) is 1.85. The standard InChI is InChI=1S/C11H14Cl2O2/c1-2-14-8-15-11-4-9(6-12)3-10(5-11)7-13/h3-5H,2,6-8H2,1H3. The van der Waals surface area contributed by atoms with Gasteiger partial charge < -0.3 is 9.47 Å². The first-order valence-electron chi connectivity index (χ1n) is 4.75. The van der Waals surface area contributed by atoms with E-state index in [0.717, 1.165) is 16.9 Å². The molecular formula is C11H14Cl2O2. The van der Waals surface area contributed by atoms with Gasteiger partial charge in [-0.15, -0.1) is 23.2 Å². The minimum absolute atomic E-state index is 0.254. The molecule has 1 aromatic carbocycles. The monoisotopic (exact) mass is 248 g/mol. The van der Waals surface area contributed by atoms with Crippen LogP contribution in [0.1, 0.15) is 18.1 Å². The topological polar surface area (TPSA) is 18.5 Å². The minimum Gasteiger partial charge on any atom is -0.468 e. The van der Waals surface area contributed by atoms with E-state index in [-0.39, 0.29) is 6.79 Å². The zero-order valence-electron chi connectivity index (χ0n) is 8.63. The van der Waals surface area contributed by atoms with Crippen LogP contribution in [-0.4, -0.2) is 13.4 Å². The van der Waals surface area contributed by atoms with Gasteiger partial charge in [0.05, 0.1) is 0 Å². The van der Waals surface area contributed by atoms with E-state index in [1.807, 2.05) is 25.1 Å². The van der Waals surface area contributed by atoms with Gasteiger partial charge in [0.25, 0.3) is 0 Å². The summed E-state index contributed by atoms with van der Waals surface area (Å²) in [6, 6.07) is 5.75. The van der Waals surface area contributed by atoms with Crippen LogP contribution in [0.2, 0.25) is 0 Å².